The molecule has 0 bridgehead atoms. The lowest BCUT2D eigenvalue weighted by atomic mass is 10.3. The maximum Gasteiger partial charge on any atom is 0.323 e. The van der Waals surface area contributed by atoms with Gasteiger partial charge in [-0.2, -0.15) is 0 Å². The lowest BCUT2D eigenvalue weighted by Gasteiger charge is -2.05. The van der Waals surface area contributed by atoms with Gasteiger partial charge < -0.3 is 10.6 Å². The Labute approximate surface area is 97.5 Å². The Morgan fingerprint density at radius 3 is 2.82 bits per heavy atom. The number of allylic oxidation sites excluding steroid dienone is 1. The van der Waals surface area contributed by atoms with Crippen LogP contribution < -0.4 is 10.6 Å². The third-order valence-corrected chi connectivity index (χ3v) is 2.38. The Morgan fingerprint density at radius 1 is 1.35 bits per heavy atom. The Hall–Kier alpha value is -1.91. The summed E-state index contributed by atoms with van der Waals surface area (Å²) >= 11 is 0. The van der Waals surface area contributed by atoms with Gasteiger partial charge in [0.2, 0.25) is 0 Å². The molecule has 1 aromatic rings. The molecule has 0 aliphatic heterocycles. The first-order valence-electron chi connectivity index (χ1n) is 5.34. The minimum absolute atomic E-state index is 0.178. The molecule has 0 atom stereocenters. The number of hydrogen-bond donors (Lipinski definition) is 2. The van der Waals surface area contributed by atoms with Crippen molar-refractivity contribution in [3.8, 4) is 0 Å². The average molecular weight is 238 g/mol. The fourth-order valence-electron chi connectivity index (χ4n) is 1.30. The van der Waals surface area contributed by atoms with Crippen molar-refractivity contribution in [1.29, 1.82) is 0 Å². The predicted molar refractivity (Wildman–Crippen MR) is 60.4 cm³/mol. The summed E-state index contributed by atoms with van der Waals surface area (Å²) in [4.78, 5) is 11.3. The molecule has 5 heteroatoms. The Kier molecular flexibility index (Phi) is 3.37. The van der Waals surface area contributed by atoms with Crippen LogP contribution >= 0.6 is 0 Å². The van der Waals surface area contributed by atoms with Crippen LogP contribution in [0, 0.1) is 17.6 Å². The fraction of sp³-hybridized carbons (Fsp3) is 0.250. The van der Waals surface area contributed by atoms with E-state index in [1.54, 1.807) is 0 Å². The van der Waals surface area contributed by atoms with Crippen molar-refractivity contribution in [3.63, 3.8) is 0 Å². The lowest BCUT2D eigenvalue weighted by molar-refractivity contribution is 0.255. The van der Waals surface area contributed by atoms with Crippen LogP contribution in [0.25, 0.3) is 0 Å². The van der Waals surface area contributed by atoms with E-state index in [-0.39, 0.29) is 5.69 Å². The van der Waals surface area contributed by atoms with E-state index < -0.39 is 17.7 Å². The van der Waals surface area contributed by atoms with Gasteiger partial charge in [0.25, 0.3) is 0 Å². The minimum Gasteiger partial charge on any atom is -0.315 e. The van der Waals surface area contributed by atoms with Crippen molar-refractivity contribution in [3.05, 3.63) is 42.1 Å². The number of carbonyl (C=O) groups excluding carboxylic acids is 1. The van der Waals surface area contributed by atoms with Crippen LogP contribution in [0.4, 0.5) is 19.3 Å². The molecular formula is C12H12F2N2O. The van der Waals surface area contributed by atoms with E-state index in [2.05, 4.69) is 10.6 Å². The molecule has 17 heavy (non-hydrogen) atoms. The van der Waals surface area contributed by atoms with Gasteiger partial charge in [-0.15, -0.1) is 0 Å². The number of urea groups is 1. The molecule has 0 radical (unpaired) electrons. The first-order valence-corrected chi connectivity index (χ1v) is 5.34. The minimum atomic E-state index is -0.673. The van der Waals surface area contributed by atoms with Crippen LogP contribution in [0.1, 0.15) is 12.8 Å². The number of rotatable bonds is 3. The zero-order valence-corrected chi connectivity index (χ0v) is 9.04. The molecule has 0 saturated heterocycles. The Morgan fingerprint density at radius 2 is 2.12 bits per heavy atom. The van der Waals surface area contributed by atoms with Crippen molar-refractivity contribution in [1.82, 2.24) is 5.32 Å². The van der Waals surface area contributed by atoms with Gasteiger partial charge in [-0.05, 0) is 30.9 Å². The summed E-state index contributed by atoms with van der Waals surface area (Å²) < 4.78 is 26.0. The van der Waals surface area contributed by atoms with Gasteiger partial charge in [-0.25, -0.2) is 13.6 Å². The van der Waals surface area contributed by atoms with E-state index in [0.717, 1.165) is 31.0 Å². The van der Waals surface area contributed by atoms with Gasteiger partial charge in [0, 0.05) is 12.3 Å². The van der Waals surface area contributed by atoms with E-state index in [4.69, 9.17) is 0 Å². The molecule has 0 spiro atoms. The first-order chi connectivity index (χ1) is 8.15. The normalized spacial score (nSPS) is 14.9. The highest BCUT2D eigenvalue weighted by molar-refractivity contribution is 5.89. The molecule has 1 saturated carbocycles. The van der Waals surface area contributed by atoms with Crippen molar-refractivity contribution in [2.75, 3.05) is 5.32 Å². The van der Waals surface area contributed by atoms with E-state index in [1.807, 2.05) is 6.08 Å². The smallest absolute Gasteiger partial charge is 0.315 e. The molecule has 1 fully saturated rings. The van der Waals surface area contributed by atoms with Crippen molar-refractivity contribution < 1.29 is 13.6 Å². The third kappa shape index (κ3) is 3.55. The number of benzene rings is 1. The maximum absolute atomic E-state index is 13.2. The Balaban J connectivity index is 1.90. The van der Waals surface area contributed by atoms with Crippen molar-refractivity contribution in [2.24, 2.45) is 5.92 Å². The van der Waals surface area contributed by atoms with E-state index in [0.29, 0.717) is 5.92 Å². The number of amides is 2. The van der Waals surface area contributed by atoms with Crippen LogP contribution in [0.5, 0.6) is 0 Å². The number of halogens is 2. The van der Waals surface area contributed by atoms with Crippen LogP contribution in [-0.2, 0) is 0 Å². The quantitative estimate of drug-likeness (QED) is 0.835. The lowest BCUT2D eigenvalue weighted by Crippen LogP contribution is -2.24. The monoisotopic (exact) mass is 238 g/mol. The van der Waals surface area contributed by atoms with E-state index in [1.165, 1.54) is 6.20 Å². The van der Waals surface area contributed by atoms with Gasteiger partial charge in [-0.3, -0.25) is 0 Å². The second-order valence-corrected chi connectivity index (χ2v) is 3.92. The molecule has 0 heterocycles. The van der Waals surface area contributed by atoms with Crippen LogP contribution in [0.3, 0.4) is 0 Å². The molecule has 0 unspecified atom stereocenters. The van der Waals surface area contributed by atoms with Gasteiger partial charge >= 0.3 is 6.03 Å². The van der Waals surface area contributed by atoms with E-state index in [9.17, 15) is 13.6 Å². The van der Waals surface area contributed by atoms with Gasteiger partial charge in [0.05, 0.1) is 5.69 Å². The summed E-state index contributed by atoms with van der Waals surface area (Å²) in [5, 5.41) is 4.66. The number of nitrogens with one attached hydrogen (secondary N) is 2. The molecule has 3 nitrogen and oxygen atoms in total. The zero-order chi connectivity index (χ0) is 12.3. The van der Waals surface area contributed by atoms with Crippen molar-refractivity contribution in [2.45, 2.75) is 12.8 Å². The second-order valence-electron chi connectivity index (χ2n) is 3.92. The standard InChI is InChI=1S/C12H12F2N2O/c13-9-3-4-10(14)11(7-9)16-12(17)15-6-5-8-1-2-8/h3-8H,1-2H2,(H2,15,16,17)/b6-5+. The molecule has 2 rings (SSSR count). The summed E-state index contributed by atoms with van der Waals surface area (Å²) in [6, 6.07) is 2.29. The van der Waals surface area contributed by atoms with E-state index >= 15 is 0 Å². The highest BCUT2D eigenvalue weighted by Crippen LogP contribution is 2.29. The molecule has 2 N–H and O–H groups in total. The van der Waals surface area contributed by atoms with Crippen LogP contribution in [0.15, 0.2) is 30.5 Å². The van der Waals surface area contributed by atoms with Crippen LogP contribution in [0.2, 0.25) is 0 Å². The van der Waals surface area contributed by atoms with Crippen LogP contribution in [-0.4, -0.2) is 6.03 Å². The summed E-state index contributed by atoms with van der Waals surface area (Å²) in [6.45, 7) is 0. The van der Waals surface area contributed by atoms with Crippen molar-refractivity contribution >= 4 is 11.7 Å². The molecule has 0 aromatic heterocycles. The summed E-state index contributed by atoms with van der Waals surface area (Å²) in [5.41, 5.74) is -0.178. The zero-order valence-electron chi connectivity index (χ0n) is 9.04. The summed E-state index contributed by atoms with van der Waals surface area (Å²) in [7, 11) is 0. The van der Waals surface area contributed by atoms with Gasteiger partial charge in [0.1, 0.15) is 11.6 Å². The number of anilines is 1. The average Bonchev–Trinajstić information content (AvgIpc) is 3.07. The molecule has 90 valence electrons. The number of carbonyl (C=O) groups is 1. The predicted octanol–water partition coefficient (Wildman–Crippen LogP) is 3.01. The first kappa shape index (κ1) is 11.6. The molecule has 1 aliphatic carbocycles. The molecule has 1 aromatic carbocycles. The Bertz CT molecular complexity index is 456. The second kappa shape index (κ2) is 4.95. The molecule has 1 aliphatic rings. The number of hydrogen-bond acceptors (Lipinski definition) is 1. The highest BCUT2D eigenvalue weighted by atomic mass is 19.1. The SMILES string of the molecule is O=C(N/C=C/C1CC1)Nc1cc(F)ccc1F. The fourth-order valence-corrected chi connectivity index (χ4v) is 1.30. The third-order valence-electron chi connectivity index (χ3n) is 2.38. The molecule has 2 amide bonds. The topological polar surface area (TPSA) is 41.1 Å². The summed E-state index contributed by atoms with van der Waals surface area (Å²) in [5.74, 6) is -0.732. The maximum atomic E-state index is 13.2. The highest BCUT2D eigenvalue weighted by Gasteiger charge is 2.17. The molecular weight excluding hydrogens is 226 g/mol. The largest absolute Gasteiger partial charge is 0.323 e. The van der Waals surface area contributed by atoms with Gasteiger partial charge in [-0.1, -0.05) is 6.08 Å². The van der Waals surface area contributed by atoms with Gasteiger partial charge in [0.15, 0.2) is 0 Å². The summed E-state index contributed by atoms with van der Waals surface area (Å²) in [6.07, 6.45) is 5.67.